The standard InChI is InChI=1S/C25H30N6O3/c1-18-4-6-20(7-5-18)31-16-21-22(28-31)26-17-27-23(21)30-10-2-3-19(15-30)24(32)29-11-8-25(9-12-29)33-13-14-34-25/h4-7,16-17,19H,2-3,8-15H2,1H3. The number of anilines is 1. The highest BCUT2D eigenvalue weighted by molar-refractivity contribution is 5.87. The number of carbonyl (C=O) groups is 1. The molecule has 0 N–H and O–H groups in total. The molecule has 34 heavy (non-hydrogen) atoms. The summed E-state index contributed by atoms with van der Waals surface area (Å²) in [7, 11) is 0. The summed E-state index contributed by atoms with van der Waals surface area (Å²) in [4.78, 5) is 26.6. The summed E-state index contributed by atoms with van der Waals surface area (Å²) in [5, 5.41) is 5.58. The molecule has 1 spiro atoms. The molecule has 9 nitrogen and oxygen atoms in total. The van der Waals surface area contributed by atoms with Crippen molar-refractivity contribution in [3.63, 3.8) is 0 Å². The second-order valence-corrected chi connectivity index (χ2v) is 9.56. The number of nitrogens with zero attached hydrogens (tertiary/aromatic N) is 6. The molecule has 3 aromatic rings. The summed E-state index contributed by atoms with van der Waals surface area (Å²) < 4.78 is 13.5. The molecule has 3 aliphatic heterocycles. The number of amides is 1. The van der Waals surface area contributed by atoms with Gasteiger partial charge < -0.3 is 19.3 Å². The monoisotopic (exact) mass is 462 g/mol. The maximum atomic E-state index is 13.4. The Balaban J connectivity index is 1.19. The van der Waals surface area contributed by atoms with E-state index in [9.17, 15) is 4.79 Å². The predicted octanol–water partition coefficient (Wildman–Crippen LogP) is 2.71. The van der Waals surface area contributed by atoms with E-state index in [1.165, 1.54) is 5.56 Å². The predicted molar refractivity (Wildman–Crippen MR) is 127 cm³/mol. The number of hydrogen-bond donors (Lipinski definition) is 0. The first-order valence-electron chi connectivity index (χ1n) is 12.2. The van der Waals surface area contributed by atoms with Gasteiger partial charge in [0.15, 0.2) is 11.4 Å². The maximum absolute atomic E-state index is 13.4. The number of piperidine rings is 2. The normalized spacial score (nSPS) is 22.6. The van der Waals surface area contributed by atoms with Crippen molar-refractivity contribution in [1.29, 1.82) is 0 Å². The van der Waals surface area contributed by atoms with Crippen molar-refractivity contribution in [3.05, 3.63) is 42.4 Å². The Kier molecular flexibility index (Phi) is 5.45. The second-order valence-electron chi connectivity index (χ2n) is 9.56. The van der Waals surface area contributed by atoms with Crippen molar-refractivity contribution >= 4 is 22.8 Å². The lowest BCUT2D eigenvalue weighted by Gasteiger charge is -2.40. The quantitative estimate of drug-likeness (QED) is 0.592. The van der Waals surface area contributed by atoms with E-state index >= 15 is 0 Å². The van der Waals surface area contributed by atoms with E-state index in [1.54, 1.807) is 6.33 Å². The van der Waals surface area contributed by atoms with Crippen LogP contribution in [-0.4, -0.2) is 75.7 Å². The fourth-order valence-corrected chi connectivity index (χ4v) is 5.39. The van der Waals surface area contributed by atoms with Gasteiger partial charge in [0.25, 0.3) is 0 Å². The van der Waals surface area contributed by atoms with E-state index in [0.29, 0.717) is 38.5 Å². The highest BCUT2D eigenvalue weighted by Crippen LogP contribution is 2.33. The van der Waals surface area contributed by atoms with Crippen LogP contribution in [0.25, 0.3) is 16.7 Å². The van der Waals surface area contributed by atoms with E-state index in [2.05, 4.69) is 39.0 Å². The number of rotatable bonds is 3. The fraction of sp³-hybridized carbons (Fsp3) is 0.520. The molecule has 0 aliphatic carbocycles. The fourth-order valence-electron chi connectivity index (χ4n) is 5.39. The number of ether oxygens (including phenoxy) is 2. The molecule has 3 aliphatic rings. The Bertz CT molecular complexity index is 1180. The van der Waals surface area contributed by atoms with E-state index in [-0.39, 0.29) is 11.8 Å². The summed E-state index contributed by atoms with van der Waals surface area (Å²) >= 11 is 0. The van der Waals surface area contributed by atoms with Crippen molar-refractivity contribution in [2.24, 2.45) is 5.92 Å². The van der Waals surface area contributed by atoms with Gasteiger partial charge in [-0.2, -0.15) is 0 Å². The SMILES string of the molecule is Cc1ccc(-n2cc3c(N4CCCC(C(=O)N5CCC6(CC5)OCCO6)C4)ncnc3n2)cc1. The highest BCUT2D eigenvalue weighted by Gasteiger charge is 2.42. The average Bonchev–Trinajstić information content (AvgIpc) is 3.52. The smallest absolute Gasteiger partial charge is 0.227 e. The van der Waals surface area contributed by atoms with Crippen molar-refractivity contribution in [2.75, 3.05) is 44.3 Å². The van der Waals surface area contributed by atoms with Crippen molar-refractivity contribution in [3.8, 4) is 5.69 Å². The van der Waals surface area contributed by atoms with Crippen LogP contribution in [0.1, 0.15) is 31.2 Å². The Morgan fingerprint density at radius 1 is 1.06 bits per heavy atom. The van der Waals surface area contributed by atoms with E-state index in [4.69, 9.17) is 9.47 Å². The van der Waals surface area contributed by atoms with Crippen molar-refractivity contribution < 1.29 is 14.3 Å². The molecule has 3 saturated heterocycles. The summed E-state index contributed by atoms with van der Waals surface area (Å²) in [6, 6.07) is 8.24. The summed E-state index contributed by atoms with van der Waals surface area (Å²) in [6.07, 6.45) is 6.92. The molecular formula is C25H30N6O3. The Morgan fingerprint density at radius 2 is 1.82 bits per heavy atom. The lowest BCUT2D eigenvalue weighted by atomic mass is 9.94. The van der Waals surface area contributed by atoms with E-state index in [1.807, 2.05) is 27.9 Å². The molecule has 9 heteroatoms. The van der Waals surface area contributed by atoms with Crippen LogP contribution >= 0.6 is 0 Å². The lowest BCUT2D eigenvalue weighted by molar-refractivity contribution is -0.188. The van der Waals surface area contributed by atoms with Gasteiger partial charge in [0.1, 0.15) is 12.1 Å². The first-order valence-corrected chi connectivity index (χ1v) is 12.2. The topological polar surface area (TPSA) is 85.6 Å². The zero-order valence-corrected chi connectivity index (χ0v) is 19.5. The van der Waals surface area contributed by atoms with Crippen LogP contribution in [-0.2, 0) is 14.3 Å². The first kappa shape index (κ1) is 21.5. The lowest BCUT2D eigenvalue weighted by Crippen LogP contribution is -2.51. The maximum Gasteiger partial charge on any atom is 0.227 e. The van der Waals surface area contributed by atoms with Gasteiger partial charge in [0.05, 0.1) is 30.2 Å². The van der Waals surface area contributed by atoms with Gasteiger partial charge >= 0.3 is 0 Å². The number of fused-ring (bicyclic) bond motifs is 1. The third-order valence-corrected chi connectivity index (χ3v) is 7.31. The zero-order chi connectivity index (χ0) is 23.1. The molecule has 1 unspecified atom stereocenters. The zero-order valence-electron chi connectivity index (χ0n) is 19.5. The van der Waals surface area contributed by atoms with Crippen LogP contribution in [0, 0.1) is 12.8 Å². The molecule has 0 bridgehead atoms. The van der Waals surface area contributed by atoms with Crippen LogP contribution in [0.5, 0.6) is 0 Å². The number of benzene rings is 1. The number of likely N-dealkylation sites (tertiary alicyclic amines) is 1. The minimum atomic E-state index is -0.459. The van der Waals surface area contributed by atoms with Crippen LogP contribution in [0.15, 0.2) is 36.8 Å². The molecule has 0 saturated carbocycles. The Hall–Kier alpha value is -3.04. The molecule has 0 radical (unpaired) electrons. The molecule has 6 rings (SSSR count). The minimum absolute atomic E-state index is 0.0367. The summed E-state index contributed by atoms with van der Waals surface area (Å²) in [5.41, 5.74) is 2.85. The molecule has 5 heterocycles. The Labute approximate surface area is 198 Å². The third kappa shape index (κ3) is 3.92. The number of aromatic nitrogens is 4. The highest BCUT2D eigenvalue weighted by atomic mass is 16.7. The molecule has 1 amide bonds. The molecule has 1 aromatic carbocycles. The summed E-state index contributed by atoms with van der Waals surface area (Å²) in [6.45, 7) is 6.29. The largest absolute Gasteiger partial charge is 0.355 e. The number of hydrogen-bond acceptors (Lipinski definition) is 7. The first-order chi connectivity index (χ1) is 16.6. The third-order valence-electron chi connectivity index (χ3n) is 7.31. The van der Waals surface area contributed by atoms with Gasteiger partial charge in [0.2, 0.25) is 5.91 Å². The molecule has 2 aromatic heterocycles. The van der Waals surface area contributed by atoms with Crippen LogP contribution in [0.3, 0.4) is 0 Å². The van der Waals surface area contributed by atoms with Gasteiger partial charge in [-0.3, -0.25) is 4.79 Å². The van der Waals surface area contributed by atoms with Crippen molar-refractivity contribution in [1.82, 2.24) is 24.6 Å². The summed E-state index contributed by atoms with van der Waals surface area (Å²) in [5.74, 6) is 0.592. The Morgan fingerprint density at radius 3 is 2.59 bits per heavy atom. The van der Waals surface area contributed by atoms with Gasteiger partial charge in [0, 0.05) is 45.2 Å². The molecular weight excluding hydrogens is 432 g/mol. The van der Waals surface area contributed by atoms with Crippen LogP contribution in [0.4, 0.5) is 5.82 Å². The molecule has 1 atom stereocenters. The van der Waals surface area contributed by atoms with Gasteiger partial charge in [-0.15, -0.1) is 5.10 Å². The average molecular weight is 463 g/mol. The van der Waals surface area contributed by atoms with Gasteiger partial charge in [-0.25, -0.2) is 14.6 Å². The number of aryl methyl sites for hydroxylation is 1. The van der Waals surface area contributed by atoms with Gasteiger partial charge in [-0.1, -0.05) is 17.7 Å². The van der Waals surface area contributed by atoms with Crippen molar-refractivity contribution in [2.45, 2.75) is 38.4 Å². The van der Waals surface area contributed by atoms with E-state index < -0.39 is 5.79 Å². The van der Waals surface area contributed by atoms with Gasteiger partial charge in [-0.05, 0) is 31.9 Å². The van der Waals surface area contributed by atoms with Crippen LogP contribution in [0.2, 0.25) is 0 Å². The minimum Gasteiger partial charge on any atom is -0.355 e. The molecule has 178 valence electrons. The van der Waals surface area contributed by atoms with E-state index in [0.717, 1.165) is 49.1 Å². The number of carbonyl (C=O) groups excluding carboxylic acids is 1. The van der Waals surface area contributed by atoms with Crippen LogP contribution < -0.4 is 4.90 Å². The molecule has 3 fully saturated rings. The second kappa shape index (κ2) is 8.63.